The average Bonchev–Trinajstić information content (AvgIpc) is 2.15. The second kappa shape index (κ2) is 5.19. The Morgan fingerprint density at radius 2 is 2.20 bits per heavy atom. The van der Waals surface area contributed by atoms with Gasteiger partial charge in [-0.25, -0.2) is 4.79 Å². The summed E-state index contributed by atoms with van der Waals surface area (Å²) in [5.74, 6) is 0. The molecule has 0 aromatic heterocycles. The summed E-state index contributed by atoms with van der Waals surface area (Å²) < 4.78 is 9.84. The van der Waals surface area contributed by atoms with Crippen LogP contribution in [0.25, 0.3) is 0 Å². The maximum atomic E-state index is 11.1. The second-order valence-corrected chi connectivity index (χ2v) is 4.45. The molecule has 0 saturated carbocycles. The molecule has 86 valence electrons. The lowest BCUT2D eigenvalue weighted by Crippen LogP contribution is -2.32. The fraction of sp³-hybridized carbons (Fsp3) is 0.750. The molecule has 3 heteroatoms. The van der Waals surface area contributed by atoms with Crippen LogP contribution in [0.3, 0.4) is 0 Å². The molecule has 1 unspecified atom stereocenters. The number of rotatable bonds is 1. The van der Waals surface area contributed by atoms with Gasteiger partial charge in [0, 0.05) is 0 Å². The van der Waals surface area contributed by atoms with E-state index < -0.39 is 6.16 Å². The van der Waals surface area contributed by atoms with Crippen molar-refractivity contribution in [2.45, 2.75) is 51.6 Å². The molecule has 0 aromatic carbocycles. The number of carbonyl (C=O) groups excluding carboxylic acids is 1. The maximum Gasteiger partial charge on any atom is 0.508 e. The second-order valence-electron chi connectivity index (χ2n) is 4.45. The standard InChI is InChI=1S/C12H20O3/c1-10-6-4-8-12(2,9-5-7-10)15-11(13)14-3/h6H,4-5,7-9H2,1-3H3/b10-6-. The van der Waals surface area contributed by atoms with E-state index in [1.54, 1.807) is 0 Å². The minimum absolute atomic E-state index is 0.357. The van der Waals surface area contributed by atoms with Gasteiger partial charge in [-0.05, 0) is 46.0 Å². The van der Waals surface area contributed by atoms with E-state index >= 15 is 0 Å². The van der Waals surface area contributed by atoms with Crippen molar-refractivity contribution in [3.63, 3.8) is 0 Å². The Balaban J connectivity index is 2.56. The van der Waals surface area contributed by atoms with Gasteiger partial charge in [0.1, 0.15) is 5.60 Å². The summed E-state index contributed by atoms with van der Waals surface area (Å²) in [6, 6.07) is 0. The minimum atomic E-state index is -0.571. The van der Waals surface area contributed by atoms with Gasteiger partial charge in [-0.3, -0.25) is 0 Å². The molecule has 3 nitrogen and oxygen atoms in total. The number of hydrogen-bond donors (Lipinski definition) is 0. The van der Waals surface area contributed by atoms with E-state index in [9.17, 15) is 4.79 Å². The van der Waals surface area contributed by atoms with E-state index in [4.69, 9.17) is 4.74 Å². The fourth-order valence-corrected chi connectivity index (χ4v) is 1.94. The molecule has 1 aliphatic rings. The monoisotopic (exact) mass is 212 g/mol. The molecule has 0 spiro atoms. The highest BCUT2D eigenvalue weighted by atomic mass is 16.7. The van der Waals surface area contributed by atoms with E-state index in [0.29, 0.717) is 0 Å². The summed E-state index contributed by atoms with van der Waals surface area (Å²) in [6.45, 7) is 4.14. The molecule has 0 aromatic rings. The zero-order valence-electron chi connectivity index (χ0n) is 9.84. The van der Waals surface area contributed by atoms with Crippen molar-refractivity contribution >= 4 is 6.16 Å². The molecule has 1 atom stereocenters. The number of methoxy groups -OCH3 is 1. The molecule has 15 heavy (non-hydrogen) atoms. The van der Waals surface area contributed by atoms with Gasteiger partial charge in [0.25, 0.3) is 0 Å². The molecular formula is C12H20O3. The van der Waals surface area contributed by atoms with E-state index in [1.165, 1.54) is 12.7 Å². The average molecular weight is 212 g/mol. The Morgan fingerprint density at radius 3 is 2.87 bits per heavy atom. The number of ether oxygens (including phenoxy) is 2. The fourth-order valence-electron chi connectivity index (χ4n) is 1.94. The van der Waals surface area contributed by atoms with E-state index in [2.05, 4.69) is 17.7 Å². The van der Waals surface area contributed by atoms with Crippen LogP contribution in [0.2, 0.25) is 0 Å². The maximum absolute atomic E-state index is 11.1. The van der Waals surface area contributed by atoms with Crippen molar-refractivity contribution in [3.8, 4) is 0 Å². The quantitative estimate of drug-likeness (QED) is 0.493. The molecule has 0 bridgehead atoms. The first-order chi connectivity index (χ1) is 7.06. The topological polar surface area (TPSA) is 35.5 Å². The molecule has 0 aliphatic heterocycles. The first-order valence-electron chi connectivity index (χ1n) is 5.48. The number of carbonyl (C=O) groups is 1. The largest absolute Gasteiger partial charge is 0.508 e. The van der Waals surface area contributed by atoms with E-state index in [-0.39, 0.29) is 5.60 Å². The van der Waals surface area contributed by atoms with Crippen LogP contribution in [0, 0.1) is 0 Å². The minimum Gasteiger partial charge on any atom is -0.438 e. The van der Waals surface area contributed by atoms with E-state index in [1.807, 2.05) is 6.92 Å². The lowest BCUT2D eigenvalue weighted by atomic mass is 9.89. The summed E-state index contributed by atoms with van der Waals surface area (Å²) in [4.78, 5) is 11.1. The molecule has 1 rings (SSSR count). The highest BCUT2D eigenvalue weighted by Crippen LogP contribution is 2.29. The third-order valence-corrected chi connectivity index (χ3v) is 2.94. The van der Waals surface area contributed by atoms with Crippen molar-refractivity contribution < 1.29 is 14.3 Å². The molecule has 0 amide bonds. The molecule has 0 fully saturated rings. The molecular weight excluding hydrogens is 192 g/mol. The van der Waals surface area contributed by atoms with Gasteiger partial charge in [0.05, 0.1) is 7.11 Å². The normalized spacial score (nSPS) is 30.7. The van der Waals surface area contributed by atoms with Gasteiger partial charge < -0.3 is 9.47 Å². The molecule has 0 N–H and O–H groups in total. The van der Waals surface area contributed by atoms with Crippen molar-refractivity contribution in [3.05, 3.63) is 11.6 Å². The predicted octanol–water partition coefficient (Wildman–Crippen LogP) is 3.44. The molecule has 0 radical (unpaired) electrons. The van der Waals surface area contributed by atoms with Gasteiger partial charge in [-0.15, -0.1) is 0 Å². The summed E-state index contributed by atoms with van der Waals surface area (Å²) >= 11 is 0. The van der Waals surface area contributed by atoms with Crippen LogP contribution in [-0.2, 0) is 9.47 Å². The zero-order valence-corrected chi connectivity index (χ0v) is 9.84. The Morgan fingerprint density at radius 1 is 1.47 bits per heavy atom. The van der Waals surface area contributed by atoms with Crippen molar-refractivity contribution in [2.24, 2.45) is 0 Å². The highest BCUT2D eigenvalue weighted by Gasteiger charge is 2.29. The van der Waals surface area contributed by atoms with Crippen LogP contribution in [0.15, 0.2) is 11.6 Å². The Hall–Kier alpha value is -0.990. The predicted molar refractivity (Wildman–Crippen MR) is 58.7 cm³/mol. The van der Waals surface area contributed by atoms with Gasteiger partial charge >= 0.3 is 6.16 Å². The lowest BCUT2D eigenvalue weighted by Gasteiger charge is -2.29. The van der Waals surface area contributed by atoms with Crippen LogP contribution < -0.4 is 0 Å². The third-order valence-electron chi connectivity index (χ3n) is 2.94. The van der Waals surface area contributed by atoms with Crippen molar-refractivity contribution in [1.82, 2.24) is 0 Å². The number of allylic oxidation sites excluding steroid dienone is 2. The zero-order chi connectivity index (χ0) is 11.3. The summed E-state index contributed by atoms with van der Waals surface area (Å²) in [7, 11) is 1.35. The van der Waals surface area contributed by atoms with Crippen LogP contribution >= 0.6 is 0 Å². The molecule has 1 aliphatic carbocycles. The van der Waals surface area contributed by atoms with Gasteiger partial charge in [-0.2, -0.15) is 0 Å². The summed E-state index contributed by atoms with van der Waals surface area (Å²) in [5, 5.41) is 0. The van der Waals surface area contributed by atoms with Gasteiger partial charge in [0.15, 0.2) is 0 Å². The Kier molecular flexibility index (Phi) is 4.18. The first kappa shape index (κ1) is 12.1. The summed E-state index contributed by atoms with van der Waals surface area (Å²) in [6.07, 6.45) is 6.58. The highest BCUT2D eigenvalue weighted by molar-refractivity contribution is 5.60. The van der Waals surface area contributed by atoms with Gasteiger partial charge in [-0.1, -0.05) is 11.6 Å². The van der Waals surface area contributed by atoms with Gasteiger partial charge in [0.2, 0.25) is 0 Å². The van der Waals surface area contributed by atoms with Crippen LogP contribution in [0.1, 0.15) is 46.0 Å². The Labute approximate surface area is 91.4 Å². The van der Waals surface area contributed by atoms with Crippen LogP contribution in [-0.4, -0.2) is 18.9 Å². The van der Waals surface area contributed by atoms with Crippen molar-refractivity contribution in [1.29, 1.82) is 0 Å². The lowest BCUT2D eigenvalue weighted by molar-refractivity contribution is -0.0275. The van der Waals surface area contributed by atoms with E-state index in [0.717, 1.165) is 32.1 Å². The molecule has 0 heterocycles. The smallest absolute Gasteiger partial charge is 0.438 e. The Bertz CT molecular complexity index is 258. The van der Waals surface area contributed by atoms with Crippen LogP contribution in [0.4, 0.5) is 4.79 Å². The van der Waals surface area contributed by atoms with Crippen molar-refractivity contribution in [2.75, 3.05) is 7.11 Å². The number of hydrogen-bond acceptors (Lipinski definition) is 3. The molecule has 0 saturated heterocycles. The van der Waals surface area contributed by atoms with Crippen LogP contribution in [0.5, 0.6) is 0 Å². The third kappa shape index (κ3) is 3.94. The first-order valence-corrected chi connectivity index (χ1v) is 5.48. The SMILES string of the molecule is COC(=O)OC1(C)CC/C=C(/C)CCC1. The summed E-state index contributed by atoms with van der Waals surface area (Å²) in [5.41, 5.74) is 1.08.